The van der Waals surface area contributed by atoms with Crippen molar-refractivity contribution < 1.29 is 14.3 Å². The van der Waals surface area contributed by atoms with E-state index in [2.05, 4.69) is 5.10 Å². The van der Waals surface area contributed by atoms with Gasteiger partial charge in [0.1, 0.15) is 11.5 Å². The molecule has 2 aromatic rings. The van der Waals surface area contributed by atoms with E-state index in [1.54, 1.807) is 17.8 Å². The molecule has 0 amide bonds. The number of aromatic nitrogens is 2. The maximum atomic E-state index is 10.6. The van der Waals surface area contributed by atoms with Crippen LogP contribution in [0.1, 0.15) is 11.5 Å². The van der Waals surface area contributed by atoms with Crippen LogP contribution in [0.5, 0.6) is 0 Å². The monoisotopic (exact) mass is 220 g/mol. The molecule has 1 N–H and O–H groups in total. The van der Waals surface area contributed by atoms with E-state index in [-0.39, 0.29) is 6.42 Å². The smallest absolute Gasteiger partial charge is 0.309 e. The summed E-state index contributed by atoms with van der Waals surface area (Å²) in [4.78, 5) is 10.6. The standard InChI is InChI=1S/C11H12N2O3/c1-7-3-4-10(16-7)9-5-8(6-11(14)15)13(2)12-9/h3-5H,6H2,1-2H3,(H,14,15). The fourth-order valence-electron chi connectivity index (χ4n) is 1.52. The van der Waals surface area contributed by atoms with E-state index in [1.807, 2.05) is 19.1 Å². The Labute approximate surface area is 92.3 Å². The van der Waals surface area contributed by atoms with Gasteiger partial charge in [0.05, 0.1) is 6.42 Å². The molecule has 0 aliphatic rings. The predicted molar refractivity (Wildman–Crippen MR) is 57.0 cm³/mol. The molecule has 2 aromatic heterocycles. The fraction of sp³-hybridized carbons (Fsp3) is 0.273. The van der Waals surface area contributed by atoms with E-state index in [0.29, 0.717) is 17.1 Å². The van der Waals surface area contributed by atoms with Crippen molar-refractivity contribution in [3.05, 3.63) is 29.7 Å². The Morgan fingerprint density at radius 2 is 2.31 bits per heavy atom. The third-order valence-electron chi connectivity index (χ3n) is 2.30. The van der Waals surface area contributed by atoms with Crippen LogP contribution >= 0.6 is 0 Å². The summed E-state index contributed by atoms with van der Waals surface area (Å²) in [7, 11) is 1.72. The number of aryl methyl sites for hydroxylation is 2. The summed E-state index contributed by atoms with van der Waals surface area (Å²) in [5.41, 5.74) is 1.31. The summed E-state index contributed by atoms with van der Waals surface area (Å²) >= 11 is 0. The van der Waals surface area contributed by atoms with E-state index in [9.17, 15) is 4.79 Å². The third kappa shape index (κ3) is 1.98. The second-order valence-electron chi connectivity index (χ2n) is 3.63. The quantitative estimate of drug-likeness (QED) is 0.853. The van der Waals surface area contributed by atoms with Crippen LogP contribution in [0.3, 0.4) is 0 Å². The second kappa shape index (κ2) is 3.84. The van der Waals surface area contributed by atoms with E-state index in [1.165, 1.54) is 0 Å². The van der Waals surface area contributed by atoms with Gasteiger partial charge in [-0.05, 0) is 25.1 Å². The highest BCUT2D eigenvalue weighted by Gasteiger charge is 2.12. The van der Waals surface area contributed by atoms with Gasteiger partial charge in [0.2, 0.25) is 0 Å². The van der Waals surface area contributed by atoms with Gasteiger partial charge in [-0.25, -0.2) is 0 Å². The summed E-state index contributed by atoms with van der Waals surface area (Å²) in [6.07, 6.45) is -0.0385. The largest absolute Gasteiger partial charge is 0.481 e. The Bertz CT molecular complexity index is 525. The lowest BCUT2D eigenvalue weighted by atomic mass is 10.2. The van der Waals surface area contributed by atoms with Gasteiger partial charge in [0.15, 0.2) is 5.76 Å². The molecule has 16 heavy (non-hydrogen) atoms. The number of carboxylic acids is 1. The zero-order chi connectivity index (χ0) is 11.7. The number of rotatable bonds is 3. The summed E-state index contributed by atoms with van der Waals surface area (Å²) in [6, 6.07) is 5.40. The van der Waals surface area contributed by atoms with Crippen molar-refractivity contribution in [2.45, 2.75) is 13.3 Å². The van der Waals surface area contributed by atoms with Gasteiger partial charge >= 0.3 is 5.97 Å². The highest BCUT2D eigenvalue weighted by atomic mass is 16.4. The molecule has 0 bridgehead atoms. The first kappa shape index (κ1) is 10.5. The van der Waals surface area contributed by atoms with Crippen molar-refractivity contribution in [1.82, 2.24) is 9.78 Å². The minimum Gasteiger partial charge on any atom is -0.481 e. The summed E-state index contributed by atoms with van der Waals surface area (Å²) in [5.74, 6) is 0.593. The molecule has 0 saturated heterocycles. The molecule has 0 fully saturated rings. The third-order valence-corrected chi connectivity index (χ3v) is 2.30. The Balaban J connectivity index is 2.33. The zero-order valence-corrected chi connectivity index (χ0v) is 9.10. The van der Waals surface area contributed by atoms with Crippen molar-refractivity contribution in [1.29, 1.82) is 0 Å². The number of carboxylic acid groups (broad SMARTS) is 1. The summed E-state index contributed by atoms with van der Waals surface area (Å²) in [5, 5.41) is 12.9. The predicted octanol–water partition coefficient (Wildman–Crippen LogP) is 1.62. The highest BCUT2D eigenvalue weighted by molar-refractivity contribution is 5.70. The minimum absolute atomic E-state index is 0.0385. The minimum atomic E-state index is -0.870. The van der Waals surface area contributed by atoms with Gasteiger partial charge < -0.3 is 9.52 Å². The first-order valence-corrected chi connectivity index (χ1v) is 4.88. The van der Waals surface area contributed by atoms with E-state index in [4.69, 9.17) is 9.52 Å². The lowest BCUT2D eigenvalue weighted by Gasteiger charge is -1.94. The van der Waals surface area contributed by atoms with Crippen LogP contribution < -0.4 is 0 Å². The number of furan rings is 1. The van der Waals surface area contributed by atoms with Crippen LogP contribution in [-0.2, 0) is 18.3 Å². The summed E-state index contributed by atoms with van der Waals surface area (Å²) in [6.45, 7) is 1.85. The van der Waals surface area contributed by atoms with Gasteiger partial charge in [-0.3, -0.25) is 9.48 Å². The highest BCUT2D eigenvalue weighted by Crippen LogP contribution is 2.21. The van der Waals surface area contributed by atoms with Gasteiger partial charge in [-0.1, -0.05) is 0 Å². The molecule has 2 heterocycles. The van der Waals surface area contributed by atoms with Gasteiger partial charge in [-0.15, -0.1) is 0 Å². The Morgan fingerprint density at radius 3 is 2.88 bits per heavy atom. The molecule has 0 saturated carbocycles. The maximum absolute atomic E-state index is 10.6. The lowest BCUT2D eigenvalue weighted by Crippen LogP contribution is -2.05. The number of aliphatic carboxylic acids is 1. The van der Waals surface area contributed by atoms with Crippen LogP contribution in [0.4, 0.5) is 0 Å². The first-order valence-electron chi connectivity index (χ1n) is 4.88. The van der Waals surface area contributed by atoms with Crippen LogP contribution in [0.25, 0.3) is 11.5 Å². The number of nitrogens with zero attached hydrogens (tertiary/aromatic N) is 2. The zero-order valence-electron chi connectivity index (χ0n) is 9.10. The maximum Gasteiger partial charge on any atom is 0.309 e. The Kier molecular flexibility index (Phi) is 2.52. The number of carbonyl (C=O) groups is 1. The lowest BCUT2D eigenvalue weighted by molar-refractivity contribution is -0.136. The molecule has 5 nitrogen and oxygen atoms in total. The van der Waals surface area contributed by atoms with E-state index in [0.717, 1.165) is 5.76 Å². The molecule has 5 heteroatoms. The molecule has 2 rings (SSSR count). The average molecular weight is 220 g/mol. The summed E-state index contributed by atoms with van der Waals surface area (Å²) < 4.78 is 6.98. The molecule has 0 unspecified atom stereocenters. The molecule has 84 valence electrons. The van der Waals surface area contributed by atoms with E-state index < -0.39 is 5.97 Å². The van der Waals surface area contributed by atoms with E-state index >= 15 is 0 Å². The van der Waals surface area contributed by atoms with Gasteiger partial charge in [0, 0.05) is 12.7 Å². The molecule has 0 aliphatic heterocycles. The van der Waals surface area contributed by atoms with Crippen LogP contribution in [0.2, 0.25) is 0 Å². The molecule has 0 aliphatic carbocycles. The topological polar surface area (TPSA) is 68.3 Å². The van der Waals surface area contributed by atoms with Crippen molar-refractivity contribution in [2.75, 3.05) is 0 Å². The van der Waals surface area contributed by atoms with Crippen molar-refractivity contribution in [3.8, 4) is 11.5 Å². The van der Waals surface area contributed by atoms with Gasteiger partial charge in [-0.2, -0.15) is 5.10 Å². The molecule has 0 spiro atoms. The van der Waals surface area contributed by atoms with Crippen LogP contribution in [-0.4, -0.2) is 20.9 Å². The van der Waals surface area contributed by atoms with Crippen molar-refractivity contribution in [2.24, 2.45) is 7.05 Å². The van der Waals surface area contributed by atoms with Gasteiger partial charge in [0.25, 0.3) is 0 Å². The van der Waals surface area contributed by atoms with Crippen molar-refractivity contribution in [3.63, 3.8) is 0 Å². The number of hydrogen-bond donors (Lipinski definition) is 1. The average Bonchev–Trinajstić information content (AvgIpc) is 2.74. The van der Waals surface area contributed by atoms with Crippen LogP contribution in [0.15, 0.2) is 22.6 Å². The Morgan fingerprint density at radius 1 is 1.56 bits per heavy atom. The normalized spacial score (nSPS) is 10.6. The SMILES string of the molecule is Cc1ccc(-c2cc(CC(=O)O)n(C)n2)o1. The molecule has 0 atom stereocenters. The molecular weight excluding hydrogens is 208 g/mol. The fourth-order valence-corrected chi connectivity index (χ4v) is 1.52. The molecule has 0 radical (unpaired) electrons. The van der Waals surface area contributed by atoms with Crippen molar-refractivity contribution >= 4 is 5.97 Å². The Hall–Kier alpha value is -2.04. The van der Waals surface area contributed by atoms with Crippen LogP contribution in [0, 0.1) is 6.92 Å². The first-order chi connectivity index (χ1) is 7.56. The number of hydrogen-bond acceptors (Lipinski definition) is 3. The molecular formula is C11H12N2O3. The molecule has 0 aromatic carbocycles. The second-order valence-corrected chi connectivity index (χ2v) is 3.63.